The second-order valence-electron chi connectivity index (χ2n) is 5.15. The van der Waals surface area contributed by atoms with Crippen molar-refractivity contribution in [3.05, 3.63) is 0 Å². The summed E-state index contributed by atoms with van der Waals surface area (Å²) in [5, 5.41) is 17.0. The van der Waals surface area contributed by atoms with Crippen LogP contribution in [0.25, 0.3) is 0 Å². The first-order chi connectivity index (χ1) is 8.90. The molecule has 1 fully saturated rings. The van der Waals surface area contributed by atoms with E-state index in [2.05, 4.69) is 16.0 Å². The molecule has 0 aromatic carbocycles. The van der Waals surface area contributed by atoms with E-state index < -0.39 is 17.9 Å². The van der Waals surface area contributed by atoms with Gasteiger partial charge in [0.15, 0.2) is 0 Å². The van der Waals surface area contributed by atoms with Gasteiger partial charge >= 0.3 is 5.97 Å². The summed E-state index contributed by atoms with van der Waals surface area (Å²) >= 11 is 0. The lowest BCUT2D eigenvalue weighted by molar-refractivity contribution is -0.142. The Bertz CT molecular complexity index is 347. The minimum absolute atomic E-state index is 0.104. The van der Waals surface area contributed by atoms with Crippen LogP contribution in [-0.4, -0.2) is 48.6 Å². The predicted molar refractivity (Wildman–Crippen MR) is 68.4 cm³/mol. The van der Waals surface area contributed by atoms with Crippen LogP contribution in [0.1, 0.15) is 20.3 Å². The summed E-state index contributed by atoms with van der Waals surface area (Å²) in [7, 11) is 0. The Balaban J connectivity index is 2.39. The molecular formula is C12H21N3O4. The maximum Gasteiger partial charge on any atom is 0.308 e. The van der Waals surface area contributed by atoms with Crippen molar-refractivity contribution < 1.29 is 19.5 Å². The van der Waals surface area contributed by atoms with Crippen molar-refractivity contribution in [2.45, 2.75) is 26.3 Å². The van der Waals surface area contributed by atoms with Gasteiger partial charge in [0.25, 0.3) is 0 Å². The SMILES string of the molecule is CC(C)CC(CNC(=O)C1CNC(=O)CN1)C(=O)O. The normalized spacial score (nSPS) is 20.8. The molecule has 1 heterocycles. The predicted octanol–water partition coefficient (Wildman–Crippen LogP) is -1.06. The Morgan fingerprint density at radius 2 is 2.16 bits per heavy atom. The molecule has 0 aromatic heterocycles. The third kappa shape index (κ3) is 5.25. The van der Waals surface area contributed by atoms with Crippen molar-refractivity contribution in [2.24, 2.45) is 11.8 Å². The topological polar surface area (TPSA) is 108 Å². The van der Waals surface area contributed by atoms with Crippen molar-refractivity contribution in [3.8, 4) is 0 Å². The smallest absolute Gasteiger partial charge is 0.308 e. The highest BCUT2D eigenvalue weighted by molar-refractivity contribution is 5.87. The first kappa shape index (κ1) is 15.4. The molecule has 0 radical (unpaired) electrons. The zero-order valence-corrected chi connectivity index (χ0v) is 11.2. The molecule has 7 heteroatoms. The van der Waals surface area contributed by atoms with Crippen molar-refractivity contribution >= 4 is 17.8 Å². The van der Waals surface area contributed by atoms with Crippen molar-refractivity contribution in [2.75, 3.05) is 19.6 Å². The fourth-order valence-corrected chi connectivity index (χ4v) is 1.94. The molecule has 2 atom stereocenters. The van der Waals surface area contributed by atoms with E-state index in [1.165, 1.54) is 0 Å². The molecule has 4 N–H and O–H groups in total. The monoisotopic (exact) mass is 271 g/mol. The minimum atomic E-state index is -0.904. The summed E-state index contributed by atoms with van der Waals surface area (Å²) in [5.41, 5.74) is 0. The Hall–Kier alpha value is -1.63. The van der Waals surface area contributed by atoms with E-state index in [4.69, 9.17) is 5.11 Å². The molecule has 1 aliphatic heterocycles. The Morgan fingerprint density at radius 1 is 1.47 bits per heavy atom. The number of rotatable bonds is 6. The zero-order valence-electron chi connectivity index (χ0n) is 11.2. The van der Waals surface area contributed by atoms with E-state index in [1.54, 1.807) is 0 Å². The molecule has 0 aromatic rings. The molecule has 1 rings (SSSR count). The number of carbonyl (C=O) groups excluding carboxylic acids is 2. The average molecular weight is 271 g/mol. The number of piperazine rings is 1. The lowest BCUT2D eigenvalue weighted by atomic mass is 9.97. The number of carbonyl (C=O) groups is 3. The highest BCUT2D eigenvalue weighted by atomic mass is 16.4. The molecule has 0 aliphatic carbocycles. The molecule has 1 saturated heterocycles. The van der Waals surface area contributed by atoms with Gasteiger partial charge in [-0.2, -0.15) is 0 Å². The maximum atomic E-state index is 11.8. The van der Waals surface area contributed by atoms with Crippen LogP contribution >= 0.6 is 0 Å². The lowest BCUT2D eigenvalue weighted by Crippen LogP contribution is -2.58. The van der Waals surface area contributed by atoms with Crippen molar-refractivity contribution in [3.63, 3.8) is 0 Å². The Morgan fingerprint density at radius 3 is 2.63 bits per heavy atom. The van der Waals surface area contributed by atoms with E-state index in [0.29, 0.717) is 6.42 Å². The molecule has 108 valence electrons. The largest absolute Gasteiger partial charge is 0.481 e. The van der Waals surface area contributed by atoms with Gasteiger partial charge in [-0.15, -0.1) is 0 Å². The minimum Gasteiger partial charge on any atom is -0.481 e. The fourth-order valence-electron chi connectivity index (χ4n) is 1.94. The molecular weight excluding hydrogens is 250 g/mol. The van der Waals surface area contributed by atoms with E-state index >= 15 is 0 Å². The van der Waals surface area contributed by atoms with Crippen LogP contribution in [-0.2, 0) is 14.4 Å². The number of carboxylic acids is 1. The van der Waals surface area contributed by atoms with Crippen molar-refractivity contribution in [1.29, 1.82) is 0 Å². The highest BCUT2D eigenvalue weighted by Crippen LogP contribution is 2.11. The van der Waals surface area contributed by atoms with Crippen LogP contribution in [0.4, 0.5) is 0 Å². The van der Waals surface area contributed by atoms with E-state index in [0.717, 1.165) is 0 Å². The van der Waals surface area contributed by atoms with Gasteiger partial charge in [0, 0.05) is 13.1 Å². The molecule has 2 unspecified atom stereocenters. The average Bonchev–Trinajstić information content (AvgIpc) is 2.34. The summed E-state index contributed by atoms with van der Waals surface area (Å²) < 4.78 is 0. The highest BCUT2D eigenvalue weighted by Gasteiger charge is 2.25. The maximum absolute atomic E-state index is 11.8. The third-order valence-corrected chi connectivity index (χ3v) is 2.96. The quantitative estimate of drug-likeness (QED) is 0.492. The van der Waals surface area contributed by atoms with E-state index in [9.17, 15) is 14.4 Å². The van der Waals surface area contributed by atoms with Gasteiger partial charge in [0.1, 0.15) is 6.04 Å². The number of carboxylic acid groups (broad SMARTS) is 1. The summed E-state index contributed by atoms with van der Waals surface area (Å²) in [6.45, 7) is 4.32. The number of aliphatic carboxylic acids is 1. The summed E-state index contributed by atoms with van der Waals surface area (Å²) in [6.07, 6.45) is 0.518. The van der Waals surface area contributed by atoms with Crippen LogP contribution in [0.15, 0.2) is 0 Å². The van der Waals surface area contributed by atoms with Gasteiger partial charge in [-0.3, -0.25) is 19.7 Å². The lowest BCUT2D eigenvalue weighted by Gasteiger charge is -2.24. The van der Waals surface area contributed by atoms with Crippen molar-refractivity contribution in [1.82, 2.24) is 16.0 Å². The van der Waals surface area contributed by atoms with Crippen LogP contribution in [0.2, 0.25) is 0 Å². The van der Waals surface area contributed by atoms with Gasteiger partial charge in [-0.25, -0.2) is 0 Å². The van der Waals surface area contributed by atoms with E-state index in [1.807, 2.05) is 13.8 Å². The molecule has 19 heavy (non-hydrogen) atoms. The van der Waals surface area contributed by atoms with Gasteiger partial charge in [0.2, 0.25) is 11.8 Å². The van der Waals surface area contributed by atoms with E-state index in [-0.39, 0.29) is 37.4 Å². The second-order valence-corrected chi connectivity index (χ2v) is 5.15. The fraction of sp³-hybridized carbons (Fsp3) is 0.750. The van der Waals surface area contributed by atoms with Crippen LogP contribution < -0.4 is 16.0 Å². The number of amides is 2. The molecule has 1 aliphatic rings. The molecule has 0 bridgehead atoms. The standard InChI is InChI=1S/C12H21N3O4/c1-7(2)3-8(12(18)19)4-15-11(17)9-5-14-10(16)6-13-9/h7-9,13H,3-6H2,1-2H3,(H,14,16)(H,15,17)(H,18,19). The molecule has 2 amide bonds. The second kappa shape index (κ2) is 7.08. The summed E-state index contributed by atoms with van der Waals surface area (Å²) in [5.74, 6) is -1.66. The molecule has 0 spiro atoms. The van der Waals surface area contributed by atoms with Gasteiger partial charge < -0.3 is 15.7 Å². The molecule has 0 saturated carbocycles. The van der Waals surface area contributed by atoms with Gasteiger partial charge in [-0.05, 0) is 12.3 Å². The third-order valence-electron chi connectivity index (χ3n) is 2.96. The van der Waals surface area contributed by atoms with Crippen LogP contribution in [0.5, 0.6) is 0 Å². The molecule has 7 nitrogen and oxygen atoms in total. The van der Waals surface area contributed by atoms with Gasteiger partial charge in [0.05, 0.1) is 12.5 Å². The Kier molecular flexibility index (Phi) is 5.75. The van der Waals surface area contributed by atoms with Crippen LogP contribution in [0, 0.1) is 11.8 Å². The zero-order chi connectivity index (χ0) is 14.4. The Labute approximate surface area is 112 Å². The number of hydrogen-bond acceptors (Lipinski definition) is 4. The summed E-state index contributed by atoms with van der Waals surface area (Å²) in [6, 6.07) is -0.494. The number of hydrogen-bond donors (Lipinski definition) is 4. The summed E-state index contributed by atoms with van der Waals surface area (Å²) in [4.78, 5) is 33.8. The first-order valence-corrected chi connectivity index (χ1v) is 6.40. The first-order valence-electron chi connectivity index (χ1n) is 6.40. The van der Waals surface area contributed by atoms with Crippen LogP contribution in [0.3, 0.4) is 0 Å². The van der Waals surface area contributed by atoms with Gasteiger partial charge in [-0.1, -0.05) is 13.8 Å². The number of nitrogens with one attached hydrogen (secondary N) is 3.